The van der Waals surface area contributed by atoms with E-state index in [1.165, 1.54) is 0 Å². The van der Waals surface area contributed by atoms with E-state index < -0.39 is 0 Å². The summed E-state index contributed by atoms with van der Waals surface area (Å²) in [6, 6.07) is 20.1. The Morgan fingerprint density at radius 2 is 1.65 bits per heavy atom. The Labute approximate surface area is 180 Å². The zero-order chi connectivity index (χ0) is 21.8. The van der Waals surface area contributed by atoms with E-state index in [0.717, 1.165) is 29.1 Å². The van der Waals surface area contributed by atoms with Crippen molar-refractivity contribution in [1.82, 2.24) is 15.0 Å². The zero-order valence-electron chi connectivity index (χ0n) is 17.7. The van der Waals surface area contributed by atoms with Crippen LogP contribution in [0.2, 0.25) is 0 Å². The molecule has 0 radical (unpaired) electrons. The lowest BCUT2D eigenvalue weighted by Crippen LogP contribution is -2.12. The number of nitrogens with zero attached hydrogens (tertiary/aromatic N) is 3. The average molecular weight is 416 g/mol. The topological polar surface area (TPSA) is 78.3 Å². The van der Waals surface area contributed by atoms with Crippen molar-refractivity contribution in [2.45, 2.75) is 26.4 Å². The van der Waals surface area contributed by atoms with E-state index in [9.17, 15) is 4.79 Å². The van der Waals surface area contributed by atoms with Crippen molar-refractivity contribution in [2.75, 3.05) is 12.4 Å². The van der Waals surface area contributed by atoms with Crippen molar-refractivity contribution < 1.29 is 14.3 Å². The molecule has 7 nitrogen and oxygen atoms in total. The lowest BCUT2D eigenvalue weighted by atomic mass is 10.2. The Kier molecular flexibility index (Phi) is 5.84. The van der Waals surface area contributed by atoms with Gasteiger partial charge in [-0.05, 0) is 80.1 Å². The van der Waals surface area contributed by atoms with Gasteiger partial charge in [-0.25, -0.2) is 0 Å². The molecule has 0 saturated heterocycles. The van der Waals surface area contributed by atoms with Gasteiger partial charge < -0.3 is 14.8 Å². The van der Waals surface area contributed by atoms with Crippen LogP contribution < -0.4 is 14.8 Å². The van der Waals surface area contributed by atoms with Gasteiger partial charge in [-0.15, -0.1) is 10.2 Å². The lowest BCUT2D eigenvalue weighted by molar-refractivity contribution is 0.102. The van der Waals surface area contributed by atoms with E-state index in [1.807, 2.05) is 55.5 Å². The van der Waals surface area contributed by atoms with Crippen LogP contribution in [0.1, 0.15) is 30.6 Å². The number of aromatic nitrogens is 3. The van der Waals surface area contributed by atoms with E-state index in [1.54, 1.807) is 30.1 Å². The Bertz CT molecular complexity index is 1180. The van der Waals surface area contributed by atoms with Gasteiger partial charge in [0.2, 0.25) is 0 Å². The number of ether oxygens (including phenoxy) is 2. The number of benzene rings is 3. The molecule has 1 unspecified atom stereocenters. The fraction of sp³-hybridized carbons (Fsp3) is 0.208. The third kappa shape index (κ3) is 4.66. The highest BCUT2D eigenvalue weighted by atomic mass is 16.5. The highest BCUT2D eigenvalue weighted by Crippen LogP contribution is 2.20. The number of carbonyl (C=O) groups is 1. The fourth-order valence-electron chi connectivity index (χ4n) is 3.03. The SMILES string of the molecule is CCC(C)Oc1ccc(C(=O)Nc2ccc3nn(-c4ccc(OC)cc4)nc3c2)cc1. The minimum absolute atomic E-state index is 0.137. The summed E-state index contributed by atoms with van der Waals surface area (Å²) in [6.07, 6.45) is 1.06. The van der Waals surface area contributed by atoms with Crippen LogP contribution in [0.15, 0.2) is 66.7 Å². The highest BCUT2D eigenvalue weighted by Gasteiger charge is 2.10. The first-order chi connectivity index (χ1) is 15.1. The normalized spacial score (nSPS) is 11.8. The molecule has 4 rings (SSSR count). The van der Waals surface area contributed by atoms with Gasteiger partial charge in [0.1, 0.15) is 22.5 Å². The number of fused-ring (bicyclic) bond motifs is 1. The molecule has 0 aliphatic heterocycles. The molecule has 0 saturated carbocycles. The maximum atomic E-state index is 12.6. The first-order valence-electron chi connectivity index (χ1n) is 10.2. The van der Waals surface area contributed by atoms with Crippen LogP contribution in [-0.4, -0.2) is 34.1 Å². The quantitative estimate of drug-likeness (QED) is 0.466. The molecule has 158 valence electrons. The second kappa shape index (κ2) is 8.87. The van der Waals surface area contributed by atoms with E-state index in [-0.39, 0.29) is 12.0 Å². The third-order valence-electron chi connectivity index (χ3n) is 4.97. The summed E-state index contributed by atoms with van der Waals surface area (Å²) in [7, 11) is 1.63. The largest absolute Gasteiger partial charge is 0.497 e. The van der Waals surface area contributed by atoms with Crippen molar-refractivity contribution in [1.29, 1.82) is 0 Å². The van der Waals surface area contributed by atoms with Crippen molar-refractivity contribution in [2.24, 2.45) is 0 Å². The summed E-state index contributed by atoms with van der Waals surface area (Å²) in [5, 5.41) is 11.9. The van der Waals surface area contributed by atoms with Crippen LogP contribution in [0.25, 0.3) is 16.7 Å². The second-order valence-electron chi connectivity index (χ2n) is 7.21. The Morgan fingerprint density at radius 3 is 2.32 bits per heavy atom. The van der Waals surface area contributed by atoms with E-state index in [0.29, 0.717) is 16.8 Å². The summed E-state index contributed by atoms with van der Waals surface area (Å²) in [4.78, 5) is 14.2. The zero-order valence-corrected chi connectivity index (χ0v) is 17.7. The predicted octanol–water partition coefficient (Wildman–Crippen LogP) is 4.86. The fourth-order valence-corrected chi connectivity index (χ4v) is 3.03. The maximum Gasteiger partial charge on any atom is 0.255 e. The van der Waals surface area contributed by atoms with Crippen LogP contribution in [0, 0.1) is 0 Å². The molecule has 7 heteroatoms. The Hall–Kier alpha value is -3.87. The molecule has 0 aliphatic rings. The molecule has 1 aromatic heterocycles. The molecule has 1 atom stereocenters. The van der Waals surface area contributed by atoms with Crippen LogP contribution in [0.4, 0.5) is 5.69 Å². The summed E-state index contributed by atoms with van der Waals surface area (Å²) in [5.74, 6) is 1.32. The van der Waals surface area contributed by atoms with E-state index >= 15 is 0 Å². The maximum absolute atomic E-state index is 12.6. The molecule has 0 aliphatic carbocycles. The molecule has 1 heterocycles. The van der Waals surface area contributed by atoms with Gasteiger partial charge in [0.05, 0.1) is 18.9 Å². The van der Waals surface area contributed by atoms with Gasteiger partial charge in [0.25, 0.3) is 5.91 Å². The van der Waals surface area contributed by atoms with Gasteiger partial charge in [-0.3, -0.25) is 4.79 Å². The lowest BCUT2D eigenvalue weighted by Gasteiger charge is -2.12. The number of rotatable bonds is 7. The van der Waals surface area contributed by atoms with E-state index in [4.69, 9.17) is 9.47 Å². The average Bonchev–Trinajstić information content (AvgIpc) is 3.23. The van der Waals surface area contributed by atoms with Gasteiger partial charge in [-0.2, -0.15) is 4.80 Å². The Morgan fingerprint density at radius 1 is 0.968 bits per heavy atom. The number of methoxy groups -OCH3 is 1. The molecule has 0 spiro atoms. The number of amides is 1. The minimum Gasteiger partial charge on any atom is -0.497 e. The Balaban J connectivity index is 1.48. The summed E-state index contributed by atoms with van der Waals surface area (Å²) in [6.45, 7) is 4.08. The van der Waals surface area contributed by atoms with Gasteiger partial charge >= 0.3 is 0 Å². The molecule has 4 aromatic rings. The monoisotopic (exact) mass is 416 g/mol. The summed E-state index contributed by atoms with van der Waals surface area (Å²) < 4.78 is 10.9. The predicted molar refractivity (Wildman–Crippen MR) is 120 cm³/mol. The molecular formula is C24H24N4O3. The van der Waals surface area contributed by atoms with Crippen molar-refractivity contribution in [3.8, 4) is 17.2 Å². The molecule has 3 aromatic carbocycles. The van der Waals surface area contributed by atoms with Gasteiger partial charge in [0.15, 0.2) is 0 Å². The van der Waals surface area contributed by atoms with Crippen LogP contribution in [-0.2, 0) is 0 Å². The molecule has 0 fully saturated rings. The van der Waals surface area contributed by atoms with Crippen LogP contribution in [0.3, 0.4) is 0 Å². The van der Waals surface area contributed by atoms with Crippen LogP contribution >= 0.6 is 0 Å². The summed E-state index contributed by atoms with van der Waals surface area (Å²) in [5.41, 5.74) is 3.45. The number of hydrogen-bond donors (Lipinski definition) is 1. The molecule has 1 N–H and O–H groups in total. The highest BCUT2D eigenvalue weighted by molar-refractivity contribution is 6.05. The number of nitrogens with one attached hydrogen (secondary N) is 1. The number of hydrogen-bond acceptors (Lipinski definition) is 5. The molecular weight excluding hydrogens is 392 g/mol. The van der Waals surface area contributed by atoms with Crippen LogP contribution in [0.5, 0.6) is 11.5 Å². The van der Waals surface area contributed by atoms with E-state index in [2.05, 4.69) is 22.4 Å². The van der Waals surface area contributed by atoms with Crippen molar-refractivity contribution >= 4 is 22.6 Å². The molecule has 1 amide bonds. The molecule has 31 heavy (non-hydrogen) atoms. The smallest absolute Gasteiger partial charge is 0.255 e. The third-order valence-corrected chi connectivity index (χ3v) is 4.97. The second-order valence-corrected chi connectivity index (χ2v) is 7.21. The van der Waals surface area contributed by atoms with Crippen molar-refractivity contribution in [3.63, 3.8) is 0 Å². The first-order valence-corrected chi connectivity index (χ1v) is 10.2. The van der Waals surface area contributed by atoms with Crippen molar-refractivity contribution in [3.05, 3.63) is 72.3 Å². The summed E-state index contributed by atoms with van der Waals surface area (Å²) >= 11 is 0. The number of anilines is 1. The van der Waals surface area contributed by atoms with Gasteiger partial charge in [-0.1, -0.05) is 6.92 Å². The first kappa shape index (κ1) is 20.4. The minimum atomic E-state index is -0.197. The number of carbonyl (C=O) groups excluding carboxylic acids is 1. The van der Waals surface area contributed by atoms with Gasteiger partial charge in [0, 0.05) is 11.3 Å². The standard InChI is InChI=1S/C24H24N4O3/c1-4-16(2)31-21-10-5-17(6-11-21)24(29)25-18-7-14-22-23(15-18)27-28(26-22)19-8-12-20(30-3)13-9-19/h5-16H,4H2,1-3H3,(H,25,29). The molecule has 0 bridgehead atoms.